The summed E-state index contributed by atoms with van der Waals surface area (Å²) in [5.74, 6) is 3.98. The summed E-state index contributed by atoms with van der Waals surface area (Å²) in [6.45, 7) is 0. The minimum Gasteiger partial charge on any atom is -0.324 e. The maximum Gasteiger partial charge on any atom is 0.123 e. The van der Waals surface area contributed by atoms with Crippen LogP contribution in [0.4, 0.5) is 4.39 Å². The molecule has 19 heavy (non-hydrogen) atoms. The summed E-state index contributed by atoms with van der Waals surface area (Å²) in [4.78, 5) is 0. The Morgan fingerprint density at radius 2 is 1.63 bits per heavy atom. The Balaban J connectivity index is 1.62. The number of rotatable bonds is 2. The van der Waals surface area contributed by atoms with E-state index in [9.17, 15) is 4.39 Å². The van der Waals surface area contributed by atoms with E-state index in [0.29, 0.717) is 5.92 Å². The molecule has 4 aliphatic carbocycles. The molecule has 4 fully saturated rings. The average Bonchev–Trinajstić information content (AvgIpc) is 2.37. The summed E-state index contributed by atoms with van der Waals surface area (Å²) in [5.41, 5.74) is 7.52. The average molecular weight is 259 g/mol. The summed E-state index contributed by atoms with van der Waals surface area (Å²) in [7, 11) is 0. The molecule has 0 amide bonds. The molecule has 0 radical (unpaired) electrons. The zero-order valence-corrected chi connectivity index (χ0v) is 11.3. The number of nitrogens with two attached hydrogens (primary N) is 1. The molecule has 2 heteroatoms. The van der Waals surface area contributed by atoms with Gasteiger partial charge in [-0.15, -0.1) is 0 Å². The Kier molecular flexibility index (Phi) is 2.70. The lowest BCUT2D eigenvalue weighted by Gasteiger charge is -2.56. The van der Waals surface area contributed by atoms with Crippen molar-refractivity contribution < 1.29 is 4.39 Å². The molecule has 0 heterocycles. The van der Waals surface area contributed by atoms with E-state index in [1.165, 1.54) is 38.2 Å². The van der Waals surface area contributed by atoms with Crippen LogP contribution < -0.4 is 5.73 Å². The first-order chi connectivity index (χ1) is 9.20. The molecule has 102 valence electrons. The molecule has 0 aliphatic heterocycles. The third-order valence-corrected chi connectivity index (χ3v) is 5.95. The Morgan fingerprint density at radius 3 is 2.21 bits per heavy atom. The molecule has 1 atom stereocenters. The van der Waals surface area contributed by atoms with E-state index in [0.717, 1.165) is 29.2 Å². The van der Waals surface area contributed by atoms with Crippen molar-refractivity contribution in [3.63, 3.8) is 0 Å². The Morgan fingerprint density at radius 1 is 1.00 bits per heavy atom. The highest BCUT2D eigenvalue weighted by molar-refractivity contribution is 5.22. The predicted molar refractivity (Wildman–Crippen MR) is 73.9 cm³/mol. The van der Waals surface area contributed by atoms with Crippen molar-refractivity contribution in [2.45, 2.75) is 38.1 Å². The van der Waals surface area contributed by atoms with E-state index in [4.69, 9.17) is 5.73 Å². The van der Waals surface area contributed by atoms with E-state index in [2.05, 4.69) is 0 Å². The molecule has 4 saturated carbocycles. The topological polar surface area (TPSA) is 26.0 Å². The summed E-state index contributed by atoms with van der Waals surface area (Å²) in [6.07, 6.45) is 6.97. The van der Waals surface area contributed by atoms with Crippen LogP contribution >= 0.6 is 0 Å². The first-order valence-corrected chi connectivity index (χ1v) is 7.71. The molecule has 4 aliphatic rings. The second-order valence-corrected chi connectivity index (χ2v) is 7.09. The predicted octanol–water partition coefficient (Wildman–Crippen LogP) is 3.90. The van der Waals surface area contributed by atoms with Crippen LogP contribution in [0.1, 0.15) is 43.7 Å². The standard InChI is InChI=1S/C17H22FN/c18-15-3-1-2-12(9-15)17(19)16-13-5-10-4-11(7-13)8-14(16)6-10/h1-3,9-11,13-14,16-17H,4-8,19H2. The molecule has 0 aromatic heterocycles. The van der Waals surface area contributed by atoms with Crippen molar-refractivity contribution >= 4 is 0 Å². The van der Waals surface area contributed by atoms with E-state index < -0.39 is 0 Å². The second-order valence-electron chi connectivity index (χ2n) is 7.09. The second kappa shape index (κ2) is 4.31. The van der Waals surface area contributed by atoms with Gasteiger partial charge in [-0.25, -0.2) is 4.39 Å². The largest absolute Gasteiger partial charge is 0.324 e. The van der Waals surface area contributed by atoms with Gasteiger partial charge >= 0.3 is 0 Å². The van der Waals surface area contributed by atoms with Gasteiger partial charge in [0.1, 0.15) is 5.82 Å². The number of hydrogen-bond donors (Lipinski definition) is 1. The number of halogens is 1. The van der Waals surface area contributed by atoms with Crippen LogP contribution in [-0.2, 0) is 0 Å². The van der Waals surface area contributed by atoms with Crippen LogP contribution in [0.15, 0.2) is 24.3 Å². The van der Waals surface area contributed by atoms with Crippen molar-refractivity contribution in [1.82, 2.24) is 0 Å². The summed E-state index contributed by atoms with van der Waals surface area (Å²) in [6, 6.07) is 6.97. The Bertz CT molecular complexity index is 456. The molecule has 2 N–H and O–H groups in total. The van der Waals surface area contributed by atoms with Gasteiger partial charge in [0, 0.05) is 6.04 Å². The van der Waals surface area contributed by atoms with Gasteiger partial charge in [-0.2, -0.15) is 0 Å². The molecule has 5 rings (SSSR count). The number of hydrogen-bond acceptors (Lipinski definition) is 1. The fourth-order valence-electron chi connectivity index (χ4n) is 5.49. The van der Waals surface area contributed by atoms with Crippen molar-refractivity contribution in [2.75, 3.05) is 0 Å². The quantitative estimate of drug-likeness (QED) is 0.856. The SMILES string of the molecule is NC(c1cccc(F)c1)C1C2CC3CC(C2)CC1C3. The van der Waals surface area contributed by atoms with Gasteiger partial charge < -0.3 is 5.73 Å². The van der Waals surface area contributed by atoms with E-state index >= 15 is 0 Å². The summed E-state index contributed by atoms with van der Waals surface area (Å²) >= 11 is 0. The van der Waals surface area contributed by atoms with Crippen molar-refractivity contribution in [1.29, 1.82) is 0 Å². The van der Waals surface area contributed by atoms with Crippen LogP contribution in [0.3, 0.4) is 0 Å². The normalized spacial score (nSPS) is 41.5. The van der Waals surface area contributed by atoms with Crippen LogP contribution in [0.25, 0.3) is 0 Å². The van der Waals surface area contributed by atoms with E-state index in [-0.39, 0.29) is 11.9 Å². The van der Waals surface area contributed by atoms with Gasteiger partial charge in [0.2, 0.25) is 0 Å². The minimum absolute atomic E-state index is 0.0331. The van der Waals surface area contributed by atoms with Gasteiger partial charge in [0.05, 0.1) is 0 Å². The lowest BCUT2D eigenvalue weighted by molar-refractivity contribution is -0.0472. The minimum atomic E-state index is -0.156. The van der Waals surface area contributed by atoms with Gasteiger partial charge in [0.15, 0.2) is 0 Å². The lowest BCUT2D eigenvalue weighted by atomic mass is 9.50. The monoisotopic (exact) mass is 259 g/mol. The molecule has 4 bridgehead atoms. The van der Waals surface area contributed by atoms with Crippen LogP contribution in [-0.4, -0.2) is 0 Å². The molecular weight excluding hydrogens is 237 g/mol. The summed E-state index contributed by atoms with van der Waals surface area (Å²) in [5, 5.41) is 0. The zero-order valence-electron chi connectivity index (χ0n) is 11.3. The lowest BCUT2D eigenvalue weighted by Crippen LogP contribution is -2.48. The highest BCUT2D eigenvalue weighted by atomic mass is 19.1. The summed E-state index contributed by atoms with van der Waals surface area (Å²) < 4.78 is 13.4. The molecule has 1 aromatic rings. The molecule has 1 nitrogen and oxygen atoms in total. The van der Waals surface area contributed by atoms with Crippen molar-refractivity contribution in [3.05, 3.63) is 35.6 Å². The van der Waals surface area contributed by atoms with Crippen LogP contribution in [0.5, 0.6) is 0 Å². The third-order valence-electron chi connectivity index (χ3n) is 5.95. The van der Waals surface area contributed by atoms with E-state index in [1.54, 1.807) is 12.1 Å². The highest BCUT2D eigenvalue weighted by Crippen LogP contribution is 2.58. The Labute approximate surface area is 114 Å². The van der Waals surface area contributed by atoms with Gasteiger partial charge in [-0.3, -0.25) is 0 Å². The first kappa shape index (κ1) is 11.9. The van der Waals surface area contributed by atoms with Gasteiger partial charge in [-0.05, 0) is 79.4 Å². The molecule has 0 spiro atoms. The first-order valence-electron chi connectivity index (χ1n) is 7.71. The van der Waals surface area contributed by atoms with Crippen molar-refractivity contribution in [3.8, 4) is 0 Å². The third kappa shape index (κ3) is 1.92. The molecule has 1 unspecified atom stereocenters. The highest BCUT2D eigenvalue weighted by Gasteiger charge is 2.50. The maximum absolute atomic E-state index is 13.4. The van der Waals surface area contributed by atoms with Gasteiger partial charge in [0.25, 0.3) is 0 Å². The Hall–Kier alpha value is -0.890. The van der Waals surface area contributed by atoms with Gasteiger partial charge in [-0.1, -0.05) is 12.1 Å². The zero-order chi connectivity index (χ0) is 13.0. The van der Waals surface area contributed by atoms with E-state index in [1.807, 2.05) is 6.07 Å². The fraction of sp³-hybridized carbons (Fsp3) is 0.647. The van der Waals surface area contributed by atoms with Crippen LogP contribution in [0.2, 0.25) is 0 Å². The number of benzene rings is 1. The molecule has 1 aromatic carbocycles. The van der Waals surface area contributed by atoms with Crippen LogP contribution in [0, 0.1) is 35.4 Å². The maximum atomic E-state index is 13.4. The smallest absolute Gasteiger partial charge is 0.123 e. The molecular formula is C17H22FN. The molecule has 0 saturated heterocycles. The fourth-order valence-corrected chi connectivity index (χ4v) is 5.49. The van der Waals surface area contributed by atoms with Crippen molar-refractivity contribution in [2.24, 2.45) is 35.3 Å².